The maximum Gasteiger partial charge on any atom is 0.0589 e. The Balaban J connectivity index is 2.80. The van der Waals surface area contributed by atoms with Crippen molar-refractivity contribution >= 4 is 21.6 Å². The highest BCUT2D eigenvalue weighted by atomic mass is 79.9. The fourth-order valence-corrected chi connectivity index (χ4v) is 2.96. The molecule has 1 aromatic rings. The summed E-state index contributed by atoms with van der Waals surface area (Å²) in [5, 5.41) is 0. The molecule has 0 heterocycles. The average molecular weight is 329 g/mol. The van der Waals surface area contributed by atoms with Gasteiger partial charge in [0.15, 0.2) is 0 Å². The molecule has 0 radical (unpaired) electrons. The molecular weight excluding hydrogens is 304 g/mol. The van der Waals surface area contributed by atoms with Crippen LogP contribution >= 0.6 is 15.9 Å². The van der Waals surface area contributed by atoms with Gasteiger partial charge in [-0.25, -0.2) is 0 Å². The maximum absolute atomic E-state index is 5.90. The van der Waals surface area contributed by atoms with Gasteiger partial charge in [0.05, 0.1) is 6.61 Å². The standard InChI is InChI=1S/C15H25BrN2O/c1-4-15(5-2)18(6-7-19-3)11-12-8-13(16)10-14(17)9-12/h8-10,15H,4-7,11,17H2,1-3H3. The first kappa shape index (κ1) is 16.5. The van der Waals surface area contributed by atoms with Crippen LogP contribution in [0.5, 0.6) is 0 Å². The zero-order valence-corrected chi connectivity index (χ0v) is 13.7. The Kier molecular flexibility index (Phi) is 7.42. The predicted octanol–water partition coefficient (Wildman–Crippen LogP) is 3.67. The van der Waals surface area contributed by atoms with Crippen molar-refractivity contribution in [1.82, 2.24) is 4.90 Å². The van der Waals surface area contributed by atoms with E-state index in [1.165, 1.54) is 5.56 Å². The third kappa shape index (κ3) is 5.51. The molecule has 19 heavy (non-hydrogen) atoms. The fourth-order valence-electron chi connectivity index (χ4n) is 2.41. The molecule has 108 valence electrons. The summed E-state index contributed by atoms with van der Waals surface area (Å²) in [6.07, 6.45) is 2.31. The van der Waals surface area contributed by atoms with E-state index in [0.717, 1.165) is 42.7 Å². The fraction of sp³-hybridized carbons (Fsp3) is 0.600. The Hall–Kier alpha value is -0.580. The molecule has 3 nitrogen and oxygen atoms in total. The number of halogens is 1. The summed E-state index contributed by atoms with van der Waals surface area (Å²) in [6, 6.07) is 6.71. The van der Waals surface area contributed by atoms with E-state index in [0.29, 0.717) is 6.04 Å². The molecule has 0 saturated carbocycles. The van der Waals surface area contributed by atoms with Crippen LogP contribution in [0.3, 0.4) is 0 Å². The normalized spacial score (nSPS) is 11.5. The van der Waals surface area contributed by atoms with Crippen molar-refractivity contribution in [2.45, 2.75) is 39.3 Å². The summed E-state index contributed by atoms with van der Waals surface area (Å²) in [7, 11) is 1.75. The summed E-state index contributed by atoms with van der Waals surface area (Å²) in [6.45, 7) is 7.11. The second kappa shape index (κ2) is 8.56. The van der Waals surface area contributed by atoms with Gasteiger partial charge in [0.2, 0.25) is 0 Å². The maximum atomic E-state index is 5.90. The van der Waals surface area contributed by atoms with E-state index >= 15 is 0 Å². The van der Waals surface area contributed by atoms with Gasteiger partial charge in [0.1, 0.15) is 0 Å². The van der Waals surface area contributed by atoms with E-state index in [-0.39, 0.29) is 0 Å². The SMILES string of the molecule is CCC(CC)N(CCOC)Cc1cc(N)cc(Br)c1. The van der Waals surface area contributed by atoms with Crippen LogP contribution in [-0.2, 0) is 11.3 Å². The molecule has 0 aliphatic carbocycles. The van der Waals surface area contributed by atoms with Gasteiger partial charge < -0.3 is 10.5 Å². The molecule has 1 aromatic carbocycles. The van der Waals surface area contributed by atoms with E-state index in [2.05, 4.69) is 40.7 Å². The van der Waals surface area contributed by atoms with Gasteiger partial charge in [-0.2, -0.15) is 0 Å². The summed E-state index contributed by atoms with van der Waals surface area (Å²) in [5.41, 5.74) is 7.95. The monoisotopic (exact) mass is 328 g/mol. The quantitative estimate of drug-likeness (QED) is 0.740. The van der Waals surface area contributed by atoms with Gasteiger partial charge >= 0.3 is 0 Å². The third-order valence-corrected chi connectivity index (χ3v) is 3.86. The Morgan fingerprint density at radius 1 is 1.26 bits per heavy atom. The number of hydrogen-bond acceptors (Lipinski definition) is 3. The zero-order valence-electron chi connectivity index (χ0n) is 12.2. The predicted molar refractivity (Wildman–Crippen MR) is 85.2 cm³/mol. The van der Waals surface area contributed by atoms with Crippen LogP contribution in [0.4, 0.5) is 5.69 Å². The number of methoxy groups -OCH3 is 1. The zero-order chi connectivity index (χ0) is 14.3. The molecular formula is C15H25BrN2O. The highest BCUT2D eigenvalue weighted by Gasteiger charge is 2.15. The van der Waals surface area contributed by atoms with E-state index in [1.54, 1.807) is 7.11 Å². The minimum Gasteiger partial charge on any atom is -0.399 e. The van der Waals surface area contributed by atoms with Gasteiger partial charge in [-0.05, 0) is 36.6 Å². The first-order valence-corrected chi connectivity index (χ1v) is 7.67. The molecule has 0 aliphatic rings. The van der Waals surface area contributed by atoms with Crippen LogP contribution in [0, 0.1) is 0 Å². The van der Waals surface area contributed by atoms with Crippen molar-refractivity contribution in [2.24, 2.45) is 0 Å². The smallest absolute Gasteiger partial charge is 0.0589 e. The van der Waals surface area contributed by atoms with Crippen molar-refractivity contribution in [3.05, 3.63) is 28.2 Å². The minimum atomic E-state index is 0.593. The van der Waals surface area contributed by atoms with Crippen LogP contribution in [0.15, 0.2) is 22.7 Å². The van der Waals surface area contributed by atoms with Crippen LogP contribution in [0.2, 0.25) is 0 Å². The molecule has 0 bridgehead atoms. The van der Waals surface area contributed by atoms with E-state index in [1.807, 2.05) is 12.1 Å². The number of hydrogen-bond donors (Lipinski definition) is 1. The Labute approximate surface area is 125 Å². The van der Waals surface area contributed by atoms with Gasteiger partial charge in [-0.3, -0.25) is 4.90 Å². The second-order valence-corrected chi connectivity index (χ2v) is 5.74. The molecule has 4 heteroatoms. The number of anilines is 1. The molecule has 0 unspecified atom stereocenters. The molecule has 0 atom stereocenters. The van der Waals surface area contributed by atoms with E-state index in [4.69, 9.17) is 10.5 Å². The van der Waals surface area contributed by atoms with Gasteiger partial charge in [-0.1, -0.05) is 29.8 Å². The highest BCUT2D eigenvalue weighted by molar-refractivity contribution is 9.10. The lowest BCUT2D eigenvalue weighted by Crippen LogP contribution is -2.36. The van der Waals surface area contributed by atoms with Gasteiger partial charge in [0.25, 0.3) is 0 Å². The lowest BCUT2D eigenvalue weighted by Gasteiger charge is -2.30. The molecule has 0 aromatic heterocycles. The van der Waals surface area contributed by atoms with Crippen LogP contribution in [0.25, 0.3) is 0 Å². The van der Waals surface area contributed by atoms with E-state index in [9.17, 15) is 0 Å². The molecule has 1 rings (SSSR count). The van der Waals surface area contributed by atoms with E-state index < -0.39 is 0 Å². The number of rotatable bonds is 8. The van der Waals surface area contributed by atoms with Crippen molar-refractivity contribution in [2.75, 3.05) is 26.0 Å². The lowest BCUT2D eigenvalue weighted by atomic mass is 10.1. The van der Waals surface area contributed by atoms with Crippen molar-refractivity contribution < 1.29 is 4.74 Å². The molecule has 0 saturated heterocycles. The summed E-state index contributed by atoms with van der Waals surface area (Å²) >= 11 is 3.50. The summed E-state index contributed by atoms with van der Waals surface area (Å²) < 4.78 is 6.26. The average Bonchev–Trinajstić information content (AvgIpc) is 2.35. The Bertz CT molecular complexity index is 360. The lowest BCUT2D eigenvalue weighted by molar-refractivity contribution is 0.110. The Morgan fingerprint density at radius 2 is 1.95 bits per heavy atom. The Morgan fingerprint density at radius 3 is 2.47 bits per heavy atom. The number of nitrogens with zero attached hydrogens (tertiary/aromatic N) is 1. The molecule has 0 amide bonds. The van der Waals surface area contributed by atoms with Crippen molar-refractivity contribution in [3.8, 4) is 0 Å². The van der Waals surface area contributed by atoms with Gasteiger partial charge in [0, 0.05) is 36.4 Å². The summed E-state index contributed by atoms with van der Waals surface area (Å²) in [5.74, 6) is 0. The first-order chi connectivity index (χ1) is 9.10. The van der Waals surface area contributed by atoms with Gasteiger partial charge in [-0.15, -0.1) is 0 Å². The molecule has 0 fully saturated rings. The first-order valence-electron chi connectivity index (χ1n) is 6.88. The van der Waals surface area contributed by atoms with Crippen molar-refractivity contribution in [1.29, 1.82) is 0 Å². The number of benzene rings is 1. The van der Waals surface area contributed by atoms with Crippen LogP contribution in [0.1, 0.15) is 32.3 Å². The number of nitrogen functional groups attached to an aromatic ring is 1. The summed E-state index contributed by atoms with van der Waals surface area (Å²) in [4.78, 5) is 2.48. The molecule has 0 aliphatic heterocycles. The van der Waals surface area contributed by atoms with Crippen molar-refractivity contribution in [3.63, 3.8) is 0 Å². The number of ether oxygens (including phenoxy) is 1. The topological polar surface area (TPSA) is 38.5 Å². The largest absolute Gasteiger partial charge is 0.399 e. The minimum absolute atomic E-state index is 0.593. The second-order valence-electron chi connectivity index (χ2n) is 4.83. The molecule has 2 N–H and O–H groups in total. The third-order valence-electron chi connectivity index (χ3n) is 3.41. The highest BCUT2D eigenvalue weighted by Crippen LogP contribution is 2.20. The number of nitrogens with two attached hydrogens (primary N) is 1. The van der Waals surface area contributed by atoms with Crippen LogP contribution in [-0.4, -0.2) is 31.2 Å². The molecule has 0 spiro atoms. The van der Waals surface area contributed by atoms with Crippen LogP contribution < -0.4 is 5.73 Å².